The van der Waals surface area contributed by atoms with Crippen LogP contribution in [0.3, 0.4) is 0 Å². The van der Waals surface area contributed by atoms with Crippen molar-refractivity contribution in [2.45, 2.75) is 115 Å². The van der Waals surface area contributed by atoms with Crippen molar-refractivity contribution in [3.8, 4) is 0 Å². The molecule has 0 fully saturated rings. The van der Waals surface area contributed by atoms with Gasteiger partial charge < -0.3 is 20.7 Å². The van der Waals surface area contributed by atoms with Gasteiger partial charge in [-0.05, 0) is 46.1 Å². The van der Waals surface area contributed by atoms with Gasteiger partial charge in [-0.3, -0.25) is 16.5 Å². The van der Waals surface area contributed by atoms with Crippen molar-refractivity contribution in [1.82, 2.24) is 10.2 Å². The van der Waals surface area contributed by atoms with Crippen LogP contribution >= 0.6 is 12.6 Å². The first-order valence-electron chi connectivity index (χ1n) is 15.3. The molecule has 0 aromatic heterocycles. The molecule has 0 aliphatic carbocycles. The molecule has 0 saturated heterocycles. The van der Waals surface area contributed by atoms with E-state index in [1.54, 1.807) is 11.8 Å². The van der Waals surface area contributed by atoms with Gasteiger partial charge in [0.05, 0.1) is 0 Å². The van der Waals surface area contributed by atoms with Crippen LogP contribution in [0, 0.1) is 5.92 Å². The summed E-state index contributed by atoms with van der Waals surface area (Å²) in [6, 6.07) is 0. The van der Waals surface area contributed by atoms with Crippen LogP contribution < -0.4 is 68.4 Å². The first-order valence-corrected chi connectivity index (χ1v) is 15.8. The summed E-state index contributed by atoms with van der Waals surface area (Å²) >= 11 is 4.27. The van der Waals surface area contributed by atoms with Gasteiger partial charge in [0, 0.05) is 38.1 Å². The number of nitrogens with zero attached hydrogens (tertiary/aromatic N) is 2. The fourth-order valence-corrected chi connectivity index (χ4v) is 2.93. The number of aliphatic hydroxyl groups excluding tert-OH is 1. The topological polar surface area (TPSA) is 127 Å². The van der Waals surface area contributed by atoms with E-state index in [4.69, 9.17) is 10.5 Å². The Hall–Kier alpha value is -0.0736. The number of nitrogens with two attached hydrogens (primary N) is 2. The number of carbonyl (C=O) groups is 1. The van der Waals surface area contributed by atoms with Crippen LogP contribution in [0.25, 0.3) is 5.41 Å². The third-order valence-electron chi connectivity index (χ3n) is 4.86. The summed E-state index contributed by atoms with van der Waals surface area (Å²) in [6.07, 6.45) is 18.6. The maximum atomic E-state index is 11.9. The van der Waals surface area contributed by atoms with Crippen LogP contribution in [0.4, 0.5) is 0 Å². The fraction of sp³-hybridized carbons (Fsp3) is 0.697. The number of amides is 1. The van der Waals surface area contributed by atoms with Gasteiger partial charge in [-0.2, -0.15) is 0 Å². The first-order chi connectivity index (χ1) is 19.8. The Morgan fingerprint density at radius 1 is 1.07 bits per heavy atom. The molecule has 0 spiro atoms. The summed E-state index contributed by atoms with van der Waals surface area (Å²) in [4.78, 5) is 14.5. The van der Waals surface area contributed by atoms with Crippen LogP contribution in [0.2, 0.25) is 0 Å². The number of hydrogen-bond acceptors (Lipinski definition) is 6. The van der Waals surface area contributed by atoms with Gasteiger partial charge in [-0.25, -0.2) is 6.72 Å². The normalized spacial score (nSPS) is 9.93. The zero-order valence-corrected chi connectivity index (χ0v) is 34.2. The second-order valence-electron chi connectivity index (χ2n) is 7.95. The monoisotopic (exact) mass is 642 g/mol. The van der Waals surface area contributed by atoms with Crippen molar-refractivity contribution in [3.63, 3.8) is 0 Å². The number of rotatable bonds is 14. The molecule has 6 N–H and O–H groups in total. The largest absolute Gasteiger partial charge is 1.00 e. The number of allylic oxidation sites excluding steroid dienone is 6. The second kappa shape index (κ2) is 64.0. The summed E-state index contributed by atoms with van der Waals surface area (Å²) in [5.41, 5.74) is 1.48. The third-order valence-corrected chi connectivity index (χ3v) is 5.19. The van der Waals surface area contributed by atoms with Gasteiger partial charge in [0.1, 0.15) is 0 Å². The Labute approximate surface area is 311 Å². The summed E-state index contributed by atoms with van der Waals surface area (Å²) in [5, 5.41) is 17.7. The molecule has 1 amide bonds. The number of carbonyl (C=O) groups excluding carboxylic acids is 1. The van der Waals surface area contributed by atoms with Crippen LogP contribution in [0.1, 0.15) is 115 Å². The molecule has 0 radical (unpaired) electrons. The van der Waals surface area contributed by atoms with Crippen molar-refractivity contribution in [2.75, 3.05) is 33.3 Å². The molecule has 0 saturated carbocycles. The van der Waals surface area contributed by atoms with E-state index in [1.807, 2.05) is 59.9 Å². The van der Waals surface area contributed by atoms with E-state index in [2.05, 4.69) is 89.2 Å². The summed E-state index contributed by atoms with van der Waals surface area (Å²) in [6.45, 7) is 27.7. The van der Waals surface area contributed by atoms with E-state index in [0.717, 1.165) is 36.9 Å². The molecule has 42 heavy (non-hydrogen) atoms. The Balaban J connectivity index is -0.0000000734. The number of thiol groups is 1. The van der Waals surface area contributed by atoms with Gasteiger partial charge in [0.15, 0.2) is 0 Å². The summed E-state index contributed by atoms with van der Waals surface area (Å²) < 4.78 is 0. The molecule has 0 bridgehead atoms. The first kappa shape index (κ1) is 61.0. The molecule has 7 nitrogen and oxygen atoms in total. The molecular weight excluding hydrogens is 570 g/mol. The van der Waals surface area contributed by atoms with Gasteiger partial charge in [0.2, 0.25) is 5.91 Å². The number of aliphatic hydroxyl groups is 1. The minimum atomic E-state index is 0. The van der Waals surface area contributed by atoms with E-state index < -0.39 is 0 Å². The number of nitrogens with one attached hydrogen (secondary N) is 1. The van der Waals surface area contributed by atoms with Gasteiger partial charge >= 0.3 is 51.4 Å². The second-order valence-corrected chi connectivity index (χ2v) is 8.47. The van der Waals surface area contributed by atoms with E-state index in [-0.39, 0.29) is 63.9 Å². The number of likely N-dealkylation sites (N-methyl/N-ethyl adjacent to an activating group) is 1. The zero-order chi connectivity index (χ0) is 33.9. The number of hydrogen-bond donors (Lipinski definition) is 5. The molecule has 0 aromatic rings. The maximum absolute atomic E-state index is 11.9. The molecule has 0 aliphatic rings. The molecule has 0 atom stereocenters. The summed E-state index contributed by atoms with van der Waals surface area (Å²) in [7, 11) is 1.85. The van der Waals surface area contributed by atoms with Crippen LogP contribution in [-0.4, -0.2) is 55.9 Å². The number of hydrazine groups is 1. The van der Waals surface area contributed by atoms with Gasteiger partial charge in [-0.15, -0.1) is 12.6 Å². The molecule has 0 aliphatic heterocycles. The van der Waals surface area contributed by atoms with Gasteiger partial charge in [-0.1, -0.05) is 117 Å². The van der Waals surface area contributed by atoms with E-state index in [9.17, 15) is 4.79 Å². The van der Waals surface area contributed by atoms with Crippen LogP contribution in [-0.2, 0) is 4.79 Å². The molecule has 0 unspecified atom stereocenters. The van der Waals surface area contributed by atoms with Crippen molar-refractivity contribution in [3.05, 3.63) is 52.3 Å². The SMILES string of the molecule is C/C=C\C(S)=C/CC(=O)N(C)CCNCC(CC)CC.C=[N-].CC.CC.CC/C=C\C=C(\C)CCC.CCO.NN.[K+]. The predicted molar refractivity (Wildman–Crippen MR) is 193 cm³/mol. The Morgan fingerprint density at radius 2 is 1.55 bits per heavy atom. The maximum Gasteiger partial charge on any atom is 1.00 e. The Morgan fingerprint density at radius 3 is 1.93 bits per heavy atom. The quantitative estimate of drug-likeness (QED) is 0.0344. The van der Waals surface area contributed by atoms with Crippen LogP contribution in [0.15, 0.2) is 46.9 Å². The fourth-order valence-electron chi connectivity index (χ4n) is 2.69. The minimum Gasteiger partial charge on any atom is -0.817 e. The average Bonchev–Trinajstić information content (AvgIpc) is 3.01. The van der Waals surface area contributed by atoms with Gasteiger partial charge in [0.25, 0.3) is 0 Å². The molecule has 248 valence electrons. The van der Waals surface area contributed by atoms with E-state index in [1.165, 1.54) is 31.3 Å². The minimum absolute atomic E-state index is 0. The van der Waals surface area contributed by atoms with E-state index in [0.29, 0.717) is 6.42 Å². The third kappa shape index (κ3) is 63.3. The average molecular weight is 642 g/mol. The van der Waals surface area contributed by atoms with Crippen molar-refractivity contribution >= 4 is 25.3 Å². The summed E-state index contributed by atoms with van der Waals surface area (Å²) in [5.74, 6) is 8.87. The standard InChI is InChI=1S/C16H30N2OS.C10H18.C2H6O.2C2H6.CH2N.K.H4N2/c1-5-8-15(20)9-10-16(19)18(4)12-11-17-13-14(6-2)7-3;1-4-6-7-9-10(3)8-5-2;1-2-3;3*1-2;;1-2/h5,8-9,14,17,20H,6-7,10-13H2,1-4H3;6-7,9H,4-5,8H2,1-3H3;3H,2H2,1H3;2*1-2H3;1H2;;1-2H2/q;;;;;-1;+1;/b8-5-,15-9+;7-6-,10-9-;;;;;;. The molecule has 0 heterocycles. The molecular formula is C33H72KN5O2S. The van der Waals surface area contributed by atoms with Crippen molar-refractivity contribution < 1.29 is 61.3 Å². The molecule has 0 aromatic carbocycles. The smallest absolute Gasteiger partial charge is 0.817 e. The van der Waals surface area contributed by atoms with E-state index >= 15 is 0 Å². The molecule has 9 heteroatoms. The molecule has 0 rings (SSSR count). The van der Waals surface area contributed by atoms with Crippen molar-refractivity contribution in [2.24, 2.45) is 17.6 Å². The Bertz CT molecular complexity index is 583. The zero-order valence-electron chi connectivity index (χ0n) is 30.2. The predicted octanol–water partition coefficient (Wildman–Crippen LogP) is 5.08. The van der Waals surface area contributed by atoms with Crippen molar-refractivity contribution in [1.29, 1.82) is 0 Å². The Kier molecular flexibility index (Phi) is 93.0. The van der Waals surface area contributed by atoms with Crippen LogP contribution in [0.5, 0.6) is 0 Å².